The number of aryl methyl sites for hydroxylation is 1. The quantitative estimate of drug-likeness (QED) is 0.645. The number of hydrogen-bond donors (Lipinski definition) is 0. The molecular weight excluding hydrogens is 260 g/mol. The number of ether oxygens (including phenoxy) is 2. The van der Waals surface area contributed by atoms with Gasteiger partial charge in [0.1, 0.15) is 5.78 Å². The van der Waals surface area contributed by atoms with Gasteiger partial charge in [0.05, 0.1) is 38.4 Å². The number of nitrogens with zero attached hydrogens (tertiary/aromatic N) is 2. The summed E-state index contributed by atoms with van der Waals surface area (Å²) < 4.78 is 11.8. The monoisotopic (exact) mass is 282 g/mol. The first-order valence-corrected chi connectivity index (χ1v) is 6.88. The van der Waals surface area contributed by atoms with E-state index in [1.165, 1.54) is 0 Å². The molecule has 0 unspecified atom stereocenters. The summed E-state index contributed by atoms with van der Waals surface area (Å²) in [6.07, 6.45) is 3.07. The number of rotatable bonds is 9. The van der Waals surface area contributed by atoms with E-state index in [9.17, 15) is 9.59 Å². The van der Waals surface area contributed by atoms with Gasteiger partial charge in [0.15, 0.2) is 5.75 Å². The fraction of sp³-hybridized carbons (Fsp3) is 0.643. The minimum absolute atomic E-state index is 0.0193. The molecule has 20 heavy (non-hydrogen) atoms. The van der Waals surface area contributed by atoms with Crippen LogP contribution in [0, 0.1) is 0 Å². The van der Waals surface area contributed by atoms with Crippen molar-refractivity contribution in [1.82, 2.24) is 9.78 Å². The zero-order valence-electron chi connectivity index (χ0n) is 12.3. The van der Waals surface area contributed by atoms with Gasteiger partial charge >= 0.3 is 5.97 Å². The average Bonchev–Trinajstić information content (AvgIpc) is 2.80. The Labute approximate surface area is 119 Å². The fourth-order valence-electron chi connectivity index (χ4n) is 1.90. The van der Waals surface area contributed by atoms with Gasteiger partial charge in [-0.25, -0.2) is 0 Å². The highest BCUT2D eigenvalue weighted by Crippen LogP contribution is 2.19. The van der Waals surface area contributed by atoms with Crippen molar-refractivity contribution in [3.63, 3.8) is 0 Å². The van der Waals surface area contributed by atoms with Gasteiger partial charge in [-0.05, 0) is 13.3 Å². The lowest BCUT2D eigenvalue weighted by atomic mass is 10.1. The van der Waals surface area contributed by atoms with Crippen LogP contribution in [0.2, 0.25) is 0 Å². The molecule has 0 saturated carbocycles. The van der Waals surface area contributed by atoms with Crippen LogP contribution in [-0.4, -0.2) is 35.2 Å². The molecule has 112 valence electrons. The van der Waals surface area contributed by atoms with Crippen molar-refractivity contribution in [3.8, 4) is 5.75 Å². The molecule has 6 heteroatoms. The Morgan fingerprint density at radius 1 is 1.30 bits per heavy atom. The van der Waals surface area contributed by atoms with Gasteiger partial charge in [0.2, 0.25) is 0 Å². The molecule has 0 aromatic carbocycles. The molecule has 0 atom stereocenters. The van der Waals surface area contributed by atoms with Crippen LogP contribution in [0.3, 0.4) is 0 Å². The van der Waals surface area contributed by atoms with Crippen LogP contribution in [-0.2, 0) is 27.3 Å². The summed E-state index contributed by atoms with van der Waals surface area (Å²) in [5.74, 6) is 0.257. The van der Waals surface area contributed by atoms with Gasteiger partial charge in [-0.15, -0.1) is 0 Å². The first kappa shape index (κ1) is 16.2. The van der Waals surface area contributed by atoms with Crippen molar-refractivity contribution in [2.45, 2.75) is 46.1 Å². The summed E-state index contributed by atoms with van der Waals surface area (Å²) in [6, 6.07) is 0. The Bertz CT molecular complexity index is 454. The van der Waals surface area contributed by atoms with E-state index in [1.54, 1.807) is 24.9 Å². The number of esters is 1. The Kier molecular flexibility index (Phi) is 6.76. The van der Waals surface area contributed by atoms with Crippen LogP contribution in [0.5, 0.6) is 5.75 Å². The van der Waals surface area contributed by atoms with Gasteiger partial charge in [-0.3, -0.25) is 14.3 Å². The van der Waals surface area contributed by atoms with E-state index in [2.05, 4.69) is 5.10 Å². The third-order valence-corrected chi connectivity index (χ3v) is 2.84. The van der Waals surface area contributed by atoms with Crippen LogP contribution in [0.1, 0.15) is 38.8 Å². The molecule has 1 aromatic rings. The predicted octanol–water partition coefficient (Wildman–Crippen LogP) is 1.76. The van der Waals surface area contributed by atoms with Crippen molar-refractivity contribution in [3.05, 3.63) is 11.9 Å². The molecule has 1 aromatic heterocycles. The summed E-state index contributed by atoms with van der Waals surface area (Å²) in [4.78, 5) is 23.2. The number of carbonyl (C=O) groups is 2. The van der Waals surface area contributed by atoms with Crippen molar-refractivity contribution < 1.29 is 19.1 Å². The number of hydrogen-bond acceptors (Lipinski definition) is 5. The van der Waals surface area contributed by atoms with E-state index in [-0.39, 0.29) is 31.0 Å². The van der Waals surface area contributed by atoms with Crippen molar-refractivity contribution >= 4 is 11.8 Å². The molecule has 0 fully saturated rings. The number of Topliss-reactive ketones (excluding diaryl/α,β-unsaturated/α-hetero) is 1. The number of carbonyl (C=O) groups excluding carboxylic acids is 2. The maximum absolute atomic E-state index is 11.9. The normalized spacial score (nSPS) is 10.3. The Balaban J connectivity index is 2.60. The smallest absolute Gasteiger partial charge is 0.306 e. The van der Waals surface area contributed by atoms with E-state index >= 15 is 0 Å². The summed E-state index contributed by atoms with van der Waals surface area (Å²) in [5, 5.41) is 4.20. The summed E-state index contributed by atoms with van der Waals surface area (Å²) in [5.41, 5.74) is 0.767. The second-order valence-corrected chi connectivity index (χ2v) is 4.40. The van der Waals surface area contributed by atoms with Gasteiger partial charge in [0, 0.05) is 13.0 Å². The first-order valence-electron chi connectivity index (χ1n) is 6.88. The predicted molar refractivity (Wildman–Crippen MR) is 73.6 cm³/mol. The molecule has 0 radical (unpaired) electrons. The number of methoxy groups -OCH3 is 1. The zero-order valence-corrected chi connectivity index (χ0v) is 12.3. The molecule has 0 aliphatic rings. The maximum Gasteiger partial charge on any atom is 0.306 e. The molecule has 0 aliphatic carbocycles. The summed E-state index contributed by atoms with van der Waals surface area (Å²) in [6.45, 7) is 4.86. The highest BCUT2D eigenvalue weighted by atomic mass is 16.5. The number of ketones is 1. The first-order chi connectivity index (χ1) is 9.62. The molecule has 0 N–H and O–H groups in total. The fourth-order valence-corrected chi connectivity index (χ4v) is 1.90. The Morgan fingerprint density at radius 2 is 2.05 bits per heavy atom. The minimum Gasteiger partial charge on any atom is -0.493 e. The van der Waals surface area contributed by atoms with Gasteiger partial charge in [-0.2, -0.15) is 5.10 Å². The zero-order chi connectivity index (χ0) is 15.0. The summed E-state index contributed by atoms with van der Waals surface area (Å²) in [7, 11) is 1.56. The standard InChI is InChI=1S/C14H22N2O4/c1-4-8-16-12(13(19-3)10-15-16)9-11(17)6-7-14(18)20-5-2/h10H,4-9H2,1-3H3. The van der Waals surface area contributed by atoms with E-state index in [0.29, 0.717) is 12.4 Å². The molecule has 1 rings (SSSR count). The lowest BCUT2D eigenvalue weighted by Crippen LogP contribution is -2.13. The number of aromatic nitrogens is 2. The van der Waals surface area contributed by atoms with Crippen LogP contribution in [0.25, 0.3) is 0 Å². The summed E-state index contributed by atoms with van der Waals surface area (Å²) >= 11 is 0. The maximum atomic E-state index is 11.9. The Morgan fingerprint density at radius 3 is 2.65 bits per heavy atom. The van der Waals surface area contributed by atoms with Gasteiger partial charge in [0.25, 0.3) is 0 Å². The second-order valence-electron chi connectivity index (χ2n) is 4.40. The van der Waals surface area contributed by atoms with Gasteiger partial charge in [-0.1, -0.05) is 6.92 Å². The molecule has 0 bridgehead atoms. The SMILES string of the molecule is CCCn1ncc(OC)c1CC(=O)CCC(=O)OCC. The lowest BCUT2D eigenvalue weighted by molar-refractivity contribution is -0.144. The molecular formula is C14H22N2O4. The second kappa shape index (κ2) is 8.35. The topological polar surface area (TPSA) is 70.4 Å². The largest absolute Gasteiger partial charge is 0.493 e. The molecule has 0 spiro atoms. The third kappa shape index (κ3) is 4.68. The molecule has 0 saturated heterocycles. The molecule has 6 nitrogen and oxygen atoms in total. The van der Waals surface area contributed by atoms with Crippen LogP contribution < -0.4 is 4.74 Å². The van der Waals surface area contributed by atoms with E-state index in [1.807, 2.05) is 6.92 Å². The average molecular weight is 282 g/mol. The van der Waals surface area contributed by atoms with Gasteiger partial charge < -0.3 is 9.47 Å². The molecule has 0 aliphatic heterocycles. The van der Waals surface area contributed by atoms with E-state index in [0.717, 1.165) is 18.7 Å². The highest BCUT2D eigenvalue weighted by molar-refractivity contribution is 5.84. The van der Waals surface area contributed by atoms with Crippen LogP contribution >= 0.6 is 0 Å². The Hall–Kier alpha value is -1.85. The van der Waals surface area contributed by atoms with E-state index in [4.69, 9.17) is 9.47 Å². The minimum atomic E-state index is -0.338. The van der Waals surface area contributed by atoms with E-state index < -0.39 is 0 Å². The molecule has 0 amide bonds. The van der Waals surface area contributed by atoms with Crippen molar-refractivity contribution in [1.29, 1.82) is 0 Å². The highest BCUT2D eigenvalue weighted by Gasteiger charge is 2.16. The van der Waals surface area contributed by atoms with Crippen LogP contribution in [0.4, 0.5) is 0 Å². The third-order valence-electron chi connectivity index (χ3n) is 2.84. The lowest BCUT2D eigenvalue weighted by Gasteiger charge is -2.07. The van der Waals surface area contributed by atoms with Crippen molar-refractivity contribution in [2.24, 2.45) is 0 Å². The van der Waals surface area contributed by atoms with Crippen LogP contribution in [0.15, 0.2) is 6.20 Å². The molecule has 1 heterocycles. The van der Waals surface area contributed by atoms with Crippen molar-refractivity contribution in [2.75, 3.05) is 13.7 Å².